The third kappa shape index (κ3) is 5.19. The normalized spacial score (nSPS) is 10.3. The van der Waals surface area contributed by atoms with Crippen molar-refractivity contribution in [3.8, 4) is 0 Å². The highest BCUT2D eigenvalue weighted by atomic mass is 16.1. The number of nitrogens with one attached hydrogen (secondary N) is 2. The number of rotatable bonds is 8. The van der Waals surface area contributed by atoms with E-state index in [9.17, 15) is 4.79 Å². The molecule has 0 atom stereocenters. The number of hydrogen-bond acceptors (Lipinski definition) is 5. The molecule has 1 aromatic heterocycles. The number of anilines is 1. The lowest BCUT2D eigenvalue weighted by Gasteiger charge is -2.08. The summed E-state index contributed by atoms with van der Waals surface area (Å²) in [6.07, 6.45) is 3.04. The van der Waals surface area contributed by atoms with Crippen LogP contribution in [0.3, 0.4) is 0 Å². The summed E-state index contributed by atoms with van der Waals surface area (Å²) in [6.45, 7) is 7.36. The highest BCUT2D eigenvalue weighted by molar-refractivity contribution is 5.76. The number of amides is 1. The highest BCUT2D eigenvalue weighted by Crippen LogP contribution is 2.06. The minimum absolute atomic E-state index is 0.0446. The van der Waals surface area contributed by atoms with Gasteiger partial charge in [-0.15, -0.1) is 5.10 Å². The number of carbonyl (C=O) groups is 1. The molecule has 19 heavy (non-hydrogen) atoms. The van der Waals surface area contributed by atoms with Crippen molar-refractivity contribution in [3.05, 3.63) is 11.4 Å². The standard InChI is InChI=1S/C13H23N5O/c1-4-8-14-12(19)7-9-15-13-16-10(5-2)11(6-3)17-18-13/h4-9H2,1-3H3,(H,14,19)(H,15,16,18). The van der Waals surface area contributed by atoms with E-state index in [-0.39, 0.29) is 5.91 Å². The van der Waals surface area contributed by atoms with Crippen LogP contribution >= 0.6 is 0 Å². The van der Waals surface area contributed by atoms with Crippen molar-refractivity contribution in [1.29, 1.82) is 0 Å². The second-order valence-electron chi connectivity index (χ2n) is 4.26. The van der Waals surface area contributed by atoms with Gasteiger partial charge < -0.3 is 10.6 Å². The number of carbonyl (C=O) groups excluding carboxylic acids is 1. The SMILES string of the molecule is CCCNC(=O)CCNc1nnc(CC)c(CC)n1. The van der Waals surface area contributed by atoms with Crippen LogP contribution < -0.4 is 10.6 Å². The summed E-state index contributed by atoms with van der Waals surface area (Å²) in [5, 5.41) is 14.0. The molecule has 0 spiro atoms. The molecule has 1 amide bonds. The average molecular weight is 265 g/mol. The molecule has 0 radical (unpaired) electrons. The fourth-order valence-electron chi connectivity index (χ4n) is 1.65. The first kappa shape index (κ1) is 15.3. The summed E-state index contributed by atoms with van der Waals surface area (Å²) in [5.41, 5.74) is 1.91. The van der Waals surface area contributed by atoms with E-state index in [4.69, 9.17) is 0 Å². The Bertz CT molecular complexity index is 408. The Kier molecular flexibility index (Phi) is 6.78. The smallest absolute Gasteiger partial charge is 0.242 e. The molecule has 1 heterocycles. The molecule has 0 aromatic carbocycles. The fourth-order valence-corrected chi connectivity index (χ4v) is 1.65. The Morgan fingerprint density at radius 1 is 1.05 bits per heavy atom. The molecule has 0 bridgehead atoms. The first-order valence-electron chi connectivity index (χ1n) is 6.94. The third-order valence-corrected chi connectivity index (χ3v) is 2.72. The molecule has 1 rings (SSSR count). The van der Waals surface area contributed by atoms with Crippen molar-refractivity contribution in [2.75, 3.05) is 18.4 Å². The Morgan fingerprint density at radius 2 is 1.79 bits per heavy atom. The van der Waals surface area contributed by atoms with Crippen molar-refractivity contribution in [1.82, 2.24) is 20.5 Å². The quantitative estimate of drug-likeness (QED) is 0.741. The number of aromatic nitrogens is 3. The van der Waals surface area contributed by atoms with Gasteiger partial charge in [0.25, 0.3) is 0 Å². The van der Waals surface area contributed by atoms with Crippen LogP contribution in [-0.2, 0) is 17.6 Å². The van der Waals surface area contributed by atoms with E-state index in [1.807, 2.05) is 20.8 Å². The molecule has 0 unspecified atom stereocenters. The number of hydrogen-bond donors (Lipinski definition) is 2. The van der Waals surface area contributed by atoms with Gasteiger partial charge in [0.15, 0.2) is 0 Å². The van der Waals surface area contributed by atoms with E-state index in [0.717, 1.165) is 37.2 Å². The molecule has 6 heteroatoms. The van der Waals surface area contributed by atoms with Gasteiger partial charge in [0.1, 0.15) is 0 Å². The number of nitrogens with zero attached hydrogens (tertiary/aromatic N) is 3. The summed E-state index contributed by atoms with van der Waals surface area (Å²) in [7, 11) is 0. The molecular formula is C13H23N5O. The zero-order chi connectivity index (χ0) is 14.1. The van der Waals surface area contributed by atoms with Crippen molar-refractivity contribution in [2.24, 2.45) is 0 Å². The van der Waals surface area contributed by atoms with Crippen LogP contribution in [0.2, 0.25) is 0 Å². The van der Waals surface area contributed by atoms with Gasteiger partial charge in [0.05, 0.1) is 11.4 Å². The zero-order valence-corrected chi connectivity index (χ0v) is 12.0. The first-order valence-corrected chi connectivity index (χ1v) is 6.94. The van der Waals surface area contributed by atoms with Crippen LogP contribution in [0, 0.1) is 0 Å². The second-order valence-corrected chi connectivity index (χ2v) is 4.26. The second kappa shape index (κ2) is 8.39. The monoisotopic (exact) mass is 265 g/mol. The summed E-state index contributed by atoms with van der Waals surface area (Å²) in [6, 6.07) is 0. The fraction of sp³-hybridized carbons (Fsp3) is 0.692. The molecular weight excluding hydrogens is 242 g/mol. The summed E-state index contributed by atoms with van der Waals surface area (Å²) < 4.78 is 0. The number of aryl methyl sites for hydroxylation is 2. The van der Waals surface area contributed by atoms with Crippen molar-refractivity contribution in [3.63, 3.8) is 0 Å². The molecule has 0 saturated heterocycles. The molecule has 6 nitrogen and oxygen atoms in total. The van der Waals surface area contributed by atoms with Crippen LogP contribution in [0.25, 0.3) is 0 Å². The third-order valence-electron chi connectivity index (χ3n) is 2.72. The molecule has 0 saturated carbocycles. The van der Waals surface area contributed by atoms with Gasteiger partial charge in [0, 0.05) is 19.5 Å². The largest absolute Gasteiger partial charge is 0.356 e. The zero-order valence-electron chi connectivity index (χ0n) is 12.0. The maximum absolute atomic E-state index is 11.4. The lowest BCUT2D eigenvalue weighted by Crippen LogP contribution is -2.26. The van der Waals surface area contributed by atoms with E-state index in [1.54, 1.807) is 0 Å². The van der Waals surface area contributed by atoms with Gasteiger partial charge >= 0.3 is 0 Å². The Morgan fingerprint density at radius 3 is 2.42 bits per heavy atom. The average Bonchev–Trinajstić information content (AvgIpc) is 2.44. The minimum atomic E-state index is 0.0446. The minimum Gasteiger partial charge on any atom is -0.356 e. The van der Waals surface area contributed by atoms with E-state index in [2.05, 4.69) is 25.8 Å². The van der Waals surface area contributed by atoms with Gasteiger partial charge in [-0.05, 0) is 19.3 Å². The molecule has 106 valence electrons. The Labute approximate surface area is 114 Å². The molecule has 0 aliphatic carbocycles. The van der Waals surface area contributed by atoms with Crippen LogP contribution in [0.5, 0.6) is 0 Å². The van der Waals surface area contributed by atoms with Gasteiger partial charge in [0.2, 0.25) is 11.9 Å². The molecule has 2 N–H and O–H groups in total. The molecule has 0 aliphatic heterocycles. The highest BCUT2D eigenvalue weighted by Gasteiger charge is 2.06. The van der Waals surface area contributed by atoms with Gasteiger partial charge in [-0.2, -0.15) is 5.10 Å². The molecule has 0 aliphatic rings. The Balaban J connectivity index is 2.43. The van der Waals surface area contributed by atoms with Gasteiger partial charge in [-0.25, -0.2) is 4.98 Å². The molecule has 1 aromatic rings. The van der Waals surface area contributed by atoms with Crippen molar-refractivity contribution < 1.29 is 4.79 Å². The first-order chi connectivity index (χ1) is 9.21. The lowest BCUT2D eigenvalue weighted by atomic mass is 10.2. The van der Waals surface area contributed by atoms with Gasteiger partial charge in [-0.3, -0.25) is 4.79 Å². The lowest BCUT2D eigenvalue weighted by molar-refractivity contribution is -0.120. The predicted octanol–water partition coefficient (Wildman–Crippen LogP) is 1.32. The predicted molar refractivity (Wildman–Crippen MR) is 75.0 cm³/mol. The summed E-state index contributed by atoms with van der Waals surface area (Å²) in [4.78, 5) is 15.8. The van der Waals surface area contributed by atoms with E-state index >= 15 is 0 Å². The van der Waals surface area contributed by atoms with E-state index in [1.165, 1.54) is 0 Å². The Hall–Kier alpha value is -1.72. The summed E-state index contributed by atoms with van der Waals surface area (Å²) in [5.74, 6) is 0.542. The van der Waals surface area contributed by atoms with E-state index in [0.29, 0.717) is 18.9 Å². The van der Waals surface area contributed by atoms with Crippen LogP contribution in [0.4, 0.5) is 5.95 Å². The van der Waals surface area contributed by atoms with Crippen LogP contribution in [0.15, 0.2) is 0 Å². The van der Waals surface area contributed by atoms with Crippen LogP contribution in [-0.4, -0.2) is 34.2 Å². The summed E-state index contributed by atoms with van der Waals surface area (Å²) >= 11 is 0. The topological polar surface area (TPSA) is 79.8 Å². The maximum atomic E-state index is 11.4. The van der Waals surface area contributed by atoms with E-state index < -0.39 is 0 Å². The van der Waals surface area contributed by atoms with Crippen molar-refractivity contribution in [2.45, 2.75) is 46.5 Å². The molecule has 0 fully saturated rings. The van der Waals surface area contributed by atoms with Crippen LogP contribution in [0.1, 0.15) is 45.0 Å². The maximum Gasteiger partial charge on any atom is 0.242 e. The van der Waals surface area contributed by atoms with Crippen molar-refractivity contribution >= 4 is 11.9 Å². The van der Waals surface area contributed by atoms with Gasteiger partial charge in [-0.1, -0.05) is 20.8 Å².